The van der Waals surface area contributed by atoms with Crippen LogP contribution in [0, 0.1) is 0 Å². The van der Waals surface area contributed by atoms with E-state index >= 15 is 0 Å². The van der Waals surface area contributed by atoms with Crippen LogP contribution in [-0.2, 0) is 32.2 Å². The maximum Gasteiger partial charge on any atom is 0.411 e. The summed E-state index contributed by atoms with van der Waals surface area (Å²) in [6.07, 6.45) is -0.501. The first-order chi connectivity index (χ1) is 19.0. The number of rotatable bonds is 9. The van der Waals surface area contributed by atoms with E-state index in [1.807, 2.05) is 54.6 Å². The van der Waals surface area contributed by atoms with Gasteiger partial charge in [-0.25, -0.2) is 4.79 Å². The highest BCUT2D eigenvalue weighted by Crippen LogP contribution is 2.31. The van der Waals surface area contributed by atoms with Gasteiger partial charge in [0.1, 0.15) is 18.2 Å². The molecule has 208 valence electrons. The van der Waals surface area contributed by atoms with Crippen LogP contribution < -0.4 is 11.1 Å². The number of esters is 1. The highest BCUT2D eigenvalue weighted by Gasteiger charge is 2.36. The maximum atomic E-state index is 13.1. The average molecular weight is 544 g/mol. The van der Waals surface area contributed by atoms with Gasteiger partial charge in [-0.05, 0) is 73.7 Å². The first-order valence-corrected chi connectivity index (χ1v) is 13.0. The van der Waals surface area contributed by atoms with Crippen molar-refractivity contribution >= 4 is 29.6 Å². The number of carbonyl (C=O) groups excluding carboxylic acids is 4. The largest absolute Gasteiger partial charge is 0.460 e. The molecular formula is C31H33N3O6. The average Bonchev–Trinajstić information content (AvgIpc) is 3.22. The third-order valence-corrected chi connectivity index (χ3v) is 6.36. The molecule has 40 heavy (non-hydrogen) atoms. The minimum absolute atomic E-state index is 0.0313. The Bertz CT molecular complexity index is 1400. The Hall–Kier alpha value is -4.66. The zero-order chi connectivity index (χ0) is 28.9. The quantitative estimate of drug-likeness (QED) is 0.364. The number of carbonyl (C=O) groups is 4. The Kier molecular flexibility index (Phi) is 8.52. The lowest BCUT2D eigenvalue weighted by Crippen LogP contribution is -2.45. The van der Waals surface area contributed by atoms with Crippen LogP contribution in [0.4, 0.5) is 10.5 Å². The van der Waals surface area contributed by atoms with E-state index in [1.165, 1.54) is 4.90 Å². The van der Waals surface area contributed by atoms with Crippen molar-refractivity contribution in [1.82, 2.24) is 4.90 Å². The number of hydrogen-bond donors (Lipinski definition) is 2. The smallest absolute Gasteiger partial charge is 0.411 e. The summed E-state index contributed by atoms with van der Waals surface area (Å²) in [6, 6.07) is 21.2. The summed E-state index contributed by atoms with van der Waals surface area (Å²) in [6.45, 7) is 5.67. The van der Waals surface area contributed by atoms with Crippen molar-refractivity contribution in [1.29, 1.82) is 0 Å². The fourth-order valence-corrected chi connectivity index (χ4v) is 4.50. The summed E-state index contributed by atoms with van der Waals surface area (Å²) in [5.74, 6) is -1.42. The van der Waals surface area contributed by atoms with E-state index in [1.54, 1.807) is 39.0 Å². The molecule has 1 heterocycles. The van der Waals surface area contributed by atoms with Crippen molar-refractivity contribution in [3.05, 3.63) is 89.5 Å². The van der Waals surface area contributed by atoms with Crippen LogP contribution in [0.25, 0.3) is 11.1 Å². The van der Waals surface area contributed by atoms with Gasteiger partial charge >= 0.3 is 12.1 Å². The molecule has 1 aliphatic rings. The molecular weight excluding hydrogens is 510 g/mol. The van der Waals surface area contributed by atoms with Crippen LogP contribution in [0.15, 0.2) is 72.8 Å². The third-order valence-electron chi connectivity index (χ3n) is 6.36. The predicted molar refractivity (Wildman–Crippen MR) is 150 cm³/mol. The van der Waals surface area contributed by atoms with E-state index in [4.69, 9.17) is 15.2 Å². The molecule has 3 N–H and O–H groups in total. The summed E-state index contributed by atoms with van der Waals surface area (Å²) in [5.41, 5.74) is 9.46. The van der Waals surface area contributed by atoms with Crippen molar-refractivity contribution in [2.45, 2.75) is 58.4 Å². The number of nitrogens with one attached hydrogen (secondary N) is 1. The van der Waals surface area contributed by atoms with Gasteiger partial charge in [0, 0.05) is 24.2 Å². The molecule has 3 aromatic carbocycles. The Labute approximate surface area is 233 Å². The van der Waals surface area contributed by atoms with Gasteiger partial charge in [0.2, 0.25) is 5.91 Å². The molecule has 3 aromatic rings. The van der Waals surface area contributed by atoms with Gasteiger partial charge in [0.05, 0.1) is 0 Å². The number of primary amides is 1. The molecule has 0 fully saturated rings. The van der Waals surface area contributed by atoms with Crippen LogP contribution in [0.2, 0.25) is 0 Å². The molecule has 0 aromatic heterocycles. The van der Waals surface area contributed by atoms with Gasteiger partial charge in [0.15, 0.2) is 0 Å². The molecule has 0 saturated carbocycles. The van der Waals surface area contributed by atoms with Crippen molar-refractivity contribution in [3.63, 3.8) is 0 Å². The molecule has 0 aliphatic carbocycles. The van der Waals surface area contributed by atoms with E-state index in [9.17, 15) is 19.2 Å². The fraction of sp³-hybridized carbons (Fsp3) is 0.290. The fourth-order valence-electron chi connectivity index (χ4n) is 4.50. The van der Waals surface area contributed by atoms with Crippen molar-refractivity contribution in [2.24, 2.45) is 5.73 Å². The molecule has 9 nitrogen and oxygen atoms in total. The first-order valence-electron chi connectivity index (χ1n) is 13.0. The number of amides is 3. The Morgan fingerprint density at radius 1 is 0.975 bits per heavy atom. The summed E-state index contributed by atoms with van der Waals surface area (Å²) in [4.78, 5) is 51.1. The number of fused-ring (bicyclic) bond motifs is 1. The molecule has 9 heteroatoms. The number of nitrogens with two attached hydrogens (primary N) is 1. The first kappa shape index (κ1) is 28.4. The van der Waals surface area contributed by atoms with E-state index in [2.05, 4.69) is 5.32 Å². The summed E-state index contributed by atoms with van der Waals surface area (Å²) in [7, 11) is 0. The van der Waals surface area contributed by atoms with Crippen LogP contribution in [-0.4, -0.2) is 40.4 Å². The maximum absolute atomic E-state index is 13.1. The van der Waals surface area contributed by atoms with E-state index in [0.717, 1.165) is 22.3 Å². The van der Waals surface area contributed by atoms with E-state index in [-0.39, 0.29) is 31.9 Å². The predicted octanol–water partition coefficient (Wildman–Crippen LogP) is 5.03. The lowest BCUT2D eigenvalue weighted by atomic mass is 10.0. The highest BCUT2D eigenvalue weighted by molar-refractivity contribution is 6.01. The molecule has 3 amide bonds. The Balaban J connectivity index is 1.38. The van der Waals surface area contributed by atoms with Gasteiger partial charge in [-0.15, -0.1) is 0 Å². The normalized spacial score (nSPS) is 13.4. The van der Waals surface area contributed by atoms with E-state index in [0.29, 0.717) is 11.3 Å². The molecule has 0 unspecified atom stereocenters. The van der Waals surface area contributed by atoms with Crippen LogP contribution >= 0.6 is 0 Å². The number of hydrogen-bond acceptors (Lipinski definition) is 6. The topological polar surface area (TPSA) is 128 Å². The molecule has 0 radical (unpaired) electrons. The zero-order valence-corrected chi connectivity index (χ0v) is 22.8. The molecule has 0 spiro atoms. The van der Waals surface area contributed by atoms with E-state index < -0.39 is 29.6 Å². The monoisotopic (exact) mass is 543 g/mol. The second-order valence-corrected chi connectivity index (χ2v) is 10.6. The number of ether oxygens (including phenoxy) is 2. The van der Waals surface area contributed by atoms with Gasteiger partial charge in [-0.2, -0.15) is 0 Å². The second-order valence-electron chi connectivity index (χ2n) is 10.6. The lowest BCUT2D eigenvalue weighted by Gasteiger charge is -2.25. The SMILES string of the molecule is CC(C)(C)OC(=O)CC[C@@H](C(N)=O)N1Cc2cc(-c3ccc(NC(=O)OCc4ccccc4)cc3)ccc2C1=O. The lowest BCUT2D eigenvalue weighted by molar-refractivity contribution is -0.155. The molecule has 0 bridgehead atoms. The number of benzene rings is 3. The highest BCUT2D eigenvalue weighted by atomic mass is 16.6. The van der Waals surface area contributed by atoms with Crippen molar-refractivity contribution in [2.75, 3.05) is 5.32 Å². The number of anilines is 1. The summed E-state index contributed by atoms with van der Waals surface area (Å²) in [5, 5.41) is 2.71. The standard InChI is InChI=1S/C31H33N3O6/c1-31(2,3)40-27(35)16-15-26(28(32)36)34-18-23-17-22(11-14-25(23)29(34)37)21-9-12-24(13-10-21)33-30(38)39-19-20-7-5-4-6-8-20/h4-14,17,26H,15-16,18-19H2,1-3H3,(H2,32,36)(H,33,38)/t26-/m0/s1. The second kappa shape index (κ2) is 12.0. The van der Waals surface area contributed by atoms with Crippen molar-refractivity contribution < 1.29 is 28.7 Å². The van der Waals surface area contributed by atoms with Crippen molar-refractivity contribution in [3.8, 4) is 11.1 Å². The zero-order valence-electron chi connectivity index (χ0n) is 22.8. The van der Waals surface area contributed by atoms with Gasteiger partial charge in [0.25, 0.3) is 5.91 Å². The molecule has 1 atom stereocenters. The minimum atomic E-state index is -0.928. The number of nitrogens with zero attached hydrogens (tertiary/aromatic N) is 1. The summed E-state index contributed by atoms with van der Waals surface area (Å²) >= 11 is 0. The van der Waals surface area contributed by atoms with Crippen LogP contribution in [0.5, 0.6) is 0 Å². The molecule has 1 aliphatic heterocycles. The van der Waals surface area contributed by atoms with Crippen LogP contribution in [0.3, 0.4) is 0 Å². The third kappa shape index (κ3) is 7.25. The van der Waals surface area contributed by atoms with Gasteiger partial charge in [-0.3, -0.25) is 19.7 Å². The van der Waals surface area contributed by atoms with Gasteiger partial charge < -0.3 is 20.1 Å². The molecule has 4 rings (SSSR count). The Morgan fingerprint density at radius 2 is 1.65 bits per heavy atom. The van der Waals surface area contributed by atoms with Gasteiger partial charge in [-0.1, -0.05) is 48.5 Å². The molecule has 0 saturated heterocycles. The van der Waals surface area contributed by atoms with Crippen LogP contribution in [0.1, 0.15) is 55.1 Å². The summed E-state index contributed by atoms with van der Waals surface area (Å²) < 4.78 is 10.6. The minimum Gasteiger partial charge on any atom is -0.460 e. The Morgan fingerprint density at radius 3 is 2.30 bits per heavy atom.